The Balaban J connectivity index is 1.28. The third-order valence-electron chi connectivity index (χ3n) is 6.53. The van der Waals surface area contributed by atoms with Crippen LogP contribution in [0.4, 0.5) is 5.69 Å². The Kier molecular flexibility index (Phi) is 8.17. The minimum atomic E-state index is -3.52. The van der Waals surface area contributed by atoms with Crippen LogP contribution in [0.25, 0.3) is 11.4 Å². The zero-order chi connectivity index (χ0) is 25.7. The molecule has 10 heteroatoms. The van der Waals surface area contributed by atoms with Gasteiger partial charge in [-0.3, -0.25) is 9.69 Å². The van der Waals surface area contributed by atoms with E-state index in [1.165, 1.54) is 4.31 Å². The van der Waals surface area contributed by atoms with Gasteiger partial charge in [0.1, 0.15) is 0 Å². The number of benzene rings is 2. The van der Waals surface area contributed by atoms with Gasteiger partial charge >= 0.3 is 0 Å². The molecule has 9 nitrogen and oxygen atoms in total. The number of nitrogens with one attached hydrogen (secondary N) is 1. The van der Waals surface area contributed by atoms with Gasteiger partial charge in [-0.1, -0.05) is 42.8 Å². The van der Waals surface area contributed by atoms with E-state index < -0.39 is 10.0 Å². The molecule has 0 unspecified atom stereocenters. The fraction of sp³-hybridized carbons (Fsp3) is 0.423. The molecule has 0 saturated carbocycles. The van der Waals surface area contributed by atoms with Crippen molar-refractivity contribution in [2.24, 2.45) is 5.92 Å². The summed E-state index contributed by atoms with van der Waals surface area (Å²) in [5.41, 5.74) is 2.66. The summed E-state index contributed by atoms with van der Waals surface area (Å²) < 4.78 is 32.1. The van der Waals surface area contributed by atoms with Crippen molar-refractivity contribution in [3.05, 3.63) is 60.0 Å². The summed E-state index contributed by atoms with van der Waals surface area (Å²) in [6, 6.07) is 14.4. The molecule has 0 radical (unpaired) electrons. The normalized spacial score (nSPS) is 15.3. The number of hydrogen-bond donors (Lipinski definition) is 1. The lowest BCUT2D eigenvalue weighted by Gasteiger charge is -2.30. The molecule has 1 N–H and O–H groups in total. The highest BCUT2D eigenvalue weighted by atomic mass is 32.2. The summed E-state index contributed by atoms with van der Waals surface area (Å²) >= 11 is 0. The first-order valence-corrected chi connectivity index (χ1v) is 13.8. The molecule has 1 amide bonds. The average Bonchev–Trinajstić information content (AvgIpc) is 3.34. The van der Waals surface area contributed by atoms with Crippen LogP contribution in [-0.4, -0.2) is 59.8 Å². The maximum atomic E-state index is 12.8. The topological polar surface area (TPSA) is 109 Å². The van der Waals surface area contributed by atoms with Crippen molar-refractivity contribution < 1.29 is 17.7 Å². The summed E-state index contributed by atoms with van der Waals surface area (Å²) in [6.45, 7) is 8.53. The molecule has 0 aliphatic carbocycles. The Labute approximate surface area is 212 Å². The highest BCUT2D eigenvalue weighted by molar-refractivity contribution is 7.89. The lowest BCUT2D eigenvalue weighted by Crippen LogP contribution is -2.37. The van der Waals surface area contributed by atoms with Crippen molar-refractivity contribution in [3.63, 3.8) is 0 Å². The monoisotopic (exact) mass is 511 g/mol. The minimum absolute atomic E-state index is 0.0477. The molecule has 4 rings (SSSR count). The number of rotatable bonds is 9. The van der Waals surface area contributed by atoms with E-state index in [2.05, 4.69) is 20.4 Å². The second-order valence-corrected chi connectivity index (χ2v) is 11.0. The van der Waals surface area contributed by atoms with Gasteiger partial charge in [-0.25, -0.2) is 8.42 Å². The standard InChI is InChI=1S/C26H33N5O4S/c1-4-31(5-2)36(33,34)23-11-9-22(10-12-23)27-26(32)20-13-15-30(16-14-20)18-24-28-25(29-35-24)21-8-6-7-19(3)17-21/h6-12,17,20H,4-5,13-16,18H2,1-3H3,(H,27,32). The molecule has 1 fully saturated rings. The maximum Gasteiger partial charge on any atom is 0.243 e. The summed E-state index contributed by atoms with van der Waals surface area (Å²) in [5.74, 6) is 0.993. The number of carbonyl (C=O) groups is 1. The Hall–Kier alpha value is -3.08. The second-order valence-electron chi connectivity index (χ2n) is 9.03. The second kappa shape index (κ2) is 11.3. The van der Waals surface area contributed by atoms with E-state index >= 15 is 0 Å². The zero-order valence-electron chi connectivity index (χ0n) is 21.0. The fourth-order valence-electron chi connectivity index (χ4n) is 4.43. The van der Waals surface area contributed by atoms with Crippen LogP contribution in [0.3, 0.4) is 0 Å². The molecule has 2 heterocycles. The third kappa shape index (κ3) is 6.00. The van der Waals surface area contributed by atoms with Crippen LogP contribution in [0.2, 0.25) is 0 Å². The number of anilines is 1. The molecule has 1 aliphatic heterocycles. The molecule has 1 aromatic heterocycles. The molecule has 2 aromatic carbocycles. The molecule has 1 aliphatic rings. The van der Waals surface area contributed by atoms with Gasteiger partial charge in [0.05, 0.1) is 11.4 Å². The molecular weight excluding hydrogens is 478 g/mol. The Morgan fingerprint density at radius 3 is 2.44 bits per heavy atom. The number of aryl methyl sites for hydroxylation is 1. The minimum Gasteiger partial charge on any atom is -0.338 e. The van der Waals surface area contributed by atoms with Crippen molar-refractivity contribution in [3.8, 4) is 11.4 Å². The first-order valence-electron chi connectivity index (χ1n) is 12.3. The van der Waals surface area contributed by atoms with Gasteiger partial charge in [-0.2, -0.15) is 9.29 Å². The molecule has 36 heavy (non-hydrogen) atoms. The lowest BCUT2D eigenvalue weighted by atomic mass is 9.96. The van der Waals surface area contributed by atoms with Crippen LogP contribution < -0.4 is 5.32 Å². The molecule has 3 aromatic rings. The van der Waals surface area contributed by atoms with E-state index in [4.69, 9.17) is 4.52 Å². The van der Waals surface area contributed by atoms with Crippen LogP contribution in [0, 0.1) is 12.8 Å². The van der Waals surface area contributed by atoms with Gasteiger partial charge in [-0.05, 0) is 63.2 Å². The van der Waals surface area contributed by atoms with Gasteiger partial charge in [0.25, 0.3) is 0 Å². The number of hydrogen-bond acceptors (Lipinski definition) is 7. The largest absolute Gasteiger partial charge is 0.338 e. The molecule has 192 valence electrons. The molecule has 0 bridgehead atoms. The van der Waals surface area contributed by atoms with E-state index in [0.29, 0.717) is 37.0 Å². The Bertz CT molecular complexity index is 1280. The van der Waals surface area contributed by atoms with E-state index in [1.807, 2.05) is 45.0 Å². The number of nitrogens with zero attached hydrogens (tertiary/aromatic N) is 4. The Morgan fingerprint density at radius 2 is 1.81 bits per heavy atom. The number of sulfonamides is 1. The van der Waals surface area contributed by atoms with Crippen LogP contribution in [0.1, 0.15) is 38.1 Å². The predicted molar refractivity (Wildman–Crippen MR) is 138 cm³/mol. The van der Waals surface area contributed by atoms with Gasteiger partial charge in [0, 0.05) is 30.3 Å². The van der Waals surface area contributed by atoms with Crippen LogP contribution in [0.15, 0.2) is 57.9 Å². The zero-order valence-corrected chi connectivity index (χ0v) is 21.8. The van der Waals surface area contributed by atoms with Crippen molar-refractivity contribution >= 4 is 21.6 Å². The van der Waals surface area contributed by atoms with E-state index in [9.17, 15) is 13.2 Å². The quantitative estimate of drug-likeness (QED) is 0.464. The molecule has 1 saturated heterocycles. The van der Waals surface area contributed by atoms with Gasteiger partial charge in [-0.15, -0.1) is 0 Å². The number of amides is 1. The molecule has 0 spiro atoms. The smallest absolute Gasteiger partial charge is 0.243 e. The van der Waals surface area contributed by atoms with Crippen LogP contribution >= 0.6 is 0 Å². The van der Waals surface area contributed by atoms with Gasteiger partial charge in [0.15, 0.2) is 0 Å². The maximum absolute atomic E-state index is 12.8. The fourth-order valence-corrected chi connectivity index (χ4v) is 5.89. The first kappa shape index (κ1) is 26.0. The number of piperidine rings is 1. The van der Waals surface area contributed by atoms with E-state index in [-0.39, 0.29) is 16.7 Å². The van der Waals surface area contributed by atoms with Gasteiger partial charge < -0.3 is 9.84 Å². The van der Waals surface area contributed by atoms with Crippen LogP contribution in [-0.2, 0) is 21.4 Å². The van der Waals surface area contributed by atoms with Crippen molar-refractivity contribution in [1.29, 1.82) is 0 Å². The predicted octanol–water partition coefficient (Wildman–Crippen LogP) is 3.93. The molecular formula is C26H33N5O4S. The number of carbonyl (C=O) groups excluding carboxylic acids is 1. The van der Waals surface area contributed by atoms with Gasteiger partial charge in [0.2, 0.25) is 27.6 Å². The number of aromatic nitrogens is 2. The summed E-state index contributed by atoms with van der Waals surface area (Å²) in [7, 11) is -3.52. The highest BCUT2D eigenvalue weighted by Crippen LogP contribution is 2.23. The van der Waals surface area contributed by atoms with Crippen molar-refractivity contribution in [2.75, 3.05) is 31.5 Å². The SMILES string of the molecule is CCN(CC)S(=O)(=O)c1ccc(NC(=O)C2CCN(Cc3nc(-c4cccc(C)c4)no3)CC2)cc1. The summed E-state index contributed by atoms with van der Waals surface area (Å²) in [6.07, 6.45) is 1.44. The number of likely N-dealkylation sites (tertiary alicyclic amines) is 1. The van der Waals surface area contributed by atoms with Crippen molar-refractivity contribution in [2.45, 2.75) is 45.1 Å². The van der Waals surface area contributed by atoms with Crippen LogP contribution in [0.5, 0.6) is 0 Å². The molecule has 0 atom stereocenters. The first-order chi connectivity index (χ1) is 17.3. The lowest BCUT2D eigenvalue weighted by molar-refractivity contribution is -0.121. The van der Waals surface area contributed by atoms with Crippen molar-refractivity contribution in [1.82, 2.24) is 19.3 Å². The van der Waals surface area contributed by atoms with E-state index in [0.717, 1.165) is 37.1 Å². The van der Waals surface area contributed by atoms with E-state index in [1.54, 1.807) is 24.3 Å². The summed E-state index contributed by atoms with van der Waals surface area (Å²) in [5, 5.41) is 7.04. The highest BCUT2D eigenvalue weighted by Gasteiger charge is 2.27. The Morgan fingerprint density at radius 1 is 1.11 bits per heavy atom. The third-order valence-corrected chi connectivity index (χ3v) is 8.59. The summed E-state index contributed by atoms with van der Waals surface area (Å²) in [4.78, 5) is 19.8. The average molecular weight is 512 g/mol.